The van der Waals surface area contributed by atoms with Crippen molar-refractivity contribution in [2.75, 3.05) is 18.0 Å². The van der Waals surface area contributed by atoms with Gasteiger partial charge in [-0.2, -0.15) is 13.2 Å². The first-order chi connectivity index (χ1) is 17.4. The SMILES string of the molecule is Cc1nc(N2CC3(CC(c4nnc5n4-c4ccc(Cl)cc4CN(C(C)(C)C(F)(F)F)C5)C3)C2)ccc1F. The van der Waals surface area contributed by atoms with E-state index >= 15 is 0 Å². The van der Waals surface area contributed by atoms with Crippen LogP contribution in [0.1, 0.15) is 55.5 Å². The van der Waals surface area contributed by atoms with Gasteiger partial charge in [0.25, 0.3) is 0 Å². The zero-order chi connectivity index (χ0) is 26.3. The molecule has 0 radical (unpaired) electrons. The molecule has 1 spiro atoms. The maximum absolute atomic E-state index is 14.0. The predicted octanol–water partition coefficient (Wildman–Crippen LogP) is 5.80. The molecule has 1 aliphatic carbocycles. The van der Waals surface area contributed by atoms with E-state index in [0.717, 1.165) is 43.3 Å². The van der Waals surface area contributed by atoms with Crippen molar-refractivity contribution in [3.63, 3.8) is 0 Å². The molecule has 3 aromatic rings. The van der Waals surface area contributed by atoms with E-state index < -0.39 is 11.7 Å². The molecule has 1 saturated heterocycles. The van der Waals surface area contributed by atoms with Crippen LogP contribution < -0.4 is 4.90 Å². The third-order valence-electron chi connectivity index (χ3n) is 8.32. The van der Waals surface area contributed by atoms with Gasteiger partial charge in [0.15, 0.2) is 5.82 Å². The standard InChI is InChI=1S/C26H27ClF4N6/c1-15-19(28)5-7-21(32-15)35-13-25(14-35)9-17(10-25)23-34-33-22-12-36(24(2,3)26(29,30)31)11-16-8-18(27)4-6-20(16)37(22)23/h4-8,17H,9-14H2,1-3H3. The summed E-state index contributed by atoms with van der Waals surface area (Å²) in [4.78, 5) is 7.91. The van der Waals surface area contributed by atoms with Gasteiger partial charge in [-0.1, -0.05) is 11.6 Å². The summed E-state index contributed by atoms with van der Waals surface area (Å²) in [6.45, 7) is 5.84. The van der Waals surface area contributed by atoms with Crippen molar-refractivity contribution < 1.29 is 17.6 Å². The van der Waals surface area contributed by atoms with E-state index in [4.69, 9.17) is 11.6 Å². The van der Waals surface area contributed by atoms with Crippen LogP contribution in [-0.4, -0.2) is 49.5 Å². The molecular formula is C26H27ClF4N6. The monoisotopic (exact) mass is 534 g/mol. The number of nitrogens with zero attached hydrogens (tertiary/aromatic N) is 6. The Morgan fingerprint density at radius 2 is 1.76 bits per heavy atom. The van der Waals surface area contributed by atoms with Crippen LogP contribution in [0.25, 0.3) is 5.69 Å². The fraction of sp³-hybridized carbons (Fsp3) is 0.500. The topological polar surface area (TPSA) is 50.1 Å². The summed E-state index contributed by atoms with van der Waals surface area (Å²) < 4.78 is 57.4. The predicted molar refractivity (Wildman–Crippen MR) is 131 cm³/mol. The van der Waals surface area contributed by atoms with Crippen molar-refractivity contribution in [3.05, 3.63) is 64.1 Å². The van der Waals surface area contributed by atoms with Gasteiger partial charge in [0, 0.05) is 36.0 Å². The number of halogens is 5. The average Bonchev–Trinajstić information content (AvgIpc) is 3.08. The smallest absolute Gasteiger partial charge is 0.355 e. The Bertz CT molecular complexity index is 1370. The molecule has 6 rings (SSSR count). The molecule has 196 valence electrons. The van der Waals surface area contributed by atoms with Gasteiger partial charge in [-0.3, -0.25) is 9.47 Å². The third-order valence-corrected chi connectivity index (χ3v) is 8.56. The fourth-order valence-corrected chi connectivity index (χ4v) is 6.12. The van der Waals surface area contributed by atoms with E-state index in [1.54, 1.807) is 25.1 Å². The number of aryl methyl sites for hydroxylation is 1. The van der Waals surface area contributed by atoms with E-state index in [1.807, 2.05) is 10.6 Å². The molecule has 2 fully saturated rings. The van der Waals surface area contributed by atoms with Gasteiger partial charge >= 0.3 is 6.18 Å². The van der Waals surface area contributed by atoms with Crippen LogP contribution in [-0.2, 0) is 13.1 Å². The Labute approximate surface area is 217 Å². The molecular weight excluding hydrogens is 508 g/mol. The molecule has 3 aliphatic rings. The van der Waals surface area contributed by atoms with Crippen molar-refractivity contribution in [2.24, 2.45) is 5.41 Å². The molecule has 1 saturated carbocycles. The second-order valence-corrected chi connectivity index (χ2v) is 11.6. The minimum absolute atomic E-state index is 0.0209. The van der Waals surface area contributed by atoms with Crippen LogP contribution in [0.15, 0.2) is 30.3 Å². The number of benzene rings is 1. The average molecular weight is 535 g/mol. The second-order valence-electron chi connectivity index (χ2n) is 11.2. The number of rotatable bonds is 3. The van der Waals surface area contributed by atoms with Crippen LogP contribution >= 0.6 is 11.6 Å². The van der Waals surface area contributed by atoms with Crippen molar-refractivity contribution in [3.8, 4) is 5.69 Å². The van der Waals surface area contributed by atoms with Crippen molar-refractivity contribution in [1.29, 1.82) is 0 Å². The summed E-state index contributed by atoms with van der Waals surface area (Å²) in [5, 5.41) is 9.34. The Morgan fingerprint density at radius 1 is 1.03 bits per heavy atom. The fourth-order valence-electron chi connectivity index (χ4n) is 5.92. The number of pyridine rings is 1. The lowest BCUT2D eigenvalue weighted by atomic mass is 9.57. The first kappa shape index (κ1) is 24.6. The molecule has 0 N–H and O–H groups in total. The first-order valence-electron chi connectivity index (χ1n) is 12.3. The maximum Gasteiger partial charge on any atom is 0.406 e. The van der Waals surface area contributed by atoms with Gasteiger partial charge in [-0.15, -0.1) is 10.2 Å². The number of hydrogen-bond acceptors (Lipinski definition) is 5. The van der Waals surface area contributed by atoms with Gasteiger partial charge in [0.05, 0.1) is 17.9 Å². The summed E-state index contributed by atoms with van der Waals surface area (Å²) in [7, 11) is 0. The van der Waals surface area contributed by atoms with Gasteiger partial charge in [-0.05, 0) is 69.5 Å². The quantitative estimate of drug-likeness (QED) is 0.397. The summed E-state index contributed by atoms with van der Waals surface area (Å²) in [5.74, 6) is 1.90. The summed E-state index contributed by atoms with van der Waals surface area (Å²) in [5.41, 5.74) is -0.0408. The van der Waals surface area contributed by atoms with E-state index in [1.165, 1.54) is 24.8 Å². The third kappa shape index (κ3) is 3.91. The van der Waals surface area contributed by atoms with E-state index in [9.17, 15) is 17.6 Å². The second kappa shape index (κ2) is 8.14. The lowest BCUT2D eigenvalue weighted by Crippen LogP contribution is -2.62. The van der Waals surface area contributed by atoms with Gasteiger partial charge < -0.3 is 4.90 Å². The largest absolute Gasteiger partial charge is 0.406 e. The minimum atomic E-state index is -4.42. The lowest BCUT2D eigenvalue weighted by molar-refractivity contribution is -0.224. The number of hydrogen-bond donors (Lipinski definition) is 0. The molecule has 37 heavy (non-hydrogen) atoms. The highest BCUT2D eigenvalue weighted by Crippen LogP contribution is 2.56. The Balaban J connectivity index is 1.26. The van der Waals surface area contributed by atoms with Crippen LogP contribution in [0.3, 0.4) is 0 Å². The molecule has 4 heterocycles. The highest BCUT2D eigenvalue weighted by Gasteiger charge is 2.55. The van der Waals surface area contributed by atoms with Gasteiger partial charge in [-0.25, -0.2) is 9.37 Å². The van der Waals surface area contributed by atoms with Crippen molar-refractivity contribution >= 4 is 17.4 Å². The maximum atomic E-state index is 14.0. The summed E-state index contributed by atoms with van der Waals surface area (Å²) >= 11 is 6.26. The number of anilines is 1. The molecule has 1 aromatic carbocycles. The Kier molecular flexibility index (Phi) is 5.41. The zero-order valence-corrected chi connectivity index (χ0v) is 21.5. The molecule has 0 amide bonds. The molecule has 11 heteroatoms. The zero-order valence-electron chi connectivity index (χ0n) is 20.8. The van der Waals surface area contributed by atoms with Crippen LogP contribution in [0, 0.1) is 18.2 Å². The summed E-state index contributed by atoms with van der Waals surface area (Å²) in [6.07, 6.45) is -2.61. The first-order valence-corrected chi connectivity index (χ1v) is 12.7. The Morgan fingerprint density at radius 3 is 2.43 bits per heavy atom. The van der Waals surface area contributed by atoms with Crippen LogP contribution in [0.2, 0.25) is 5.02 Å². The minimum Gasteiger partial charge on any atom is -0.355 e. The van der Waals surface area contributed by atoms with E-state index in [2.05, 4.69) is 20.1 Å². The van der Waals surface area contributed by atoms with Crippen molar-refractivity contribution in [1.82, 2.24) is 24.6 Å². The number of fused-ring (bicyclic) bond motifs is 3. The molecule has 0 unspecified atom stereocenters. The molecule has 0 bridgehead atoms. The molecule has 2 aromatic heterocycles. The van der Waals surface area contributed by atoms with Crippen molar-refractivity contribution in [2.45, 2.75) is 64.3 Å². The summed E-state index contributed by atoms with van der Waals surface area (Å²) in [6, 6.07) is 8.49. The molecule has 2 aliphatic heterocycles. The number of aromatic nitrogens is 4. The van der Waals surface area contributed by atoms with Crippen LogP contribution in [0.4, 0.5) is 23.4 Å². The lowest BCUT2D eigenvalue weighted by Gasteiger charge is -2.59. The highest BCUT2D eigenvalue weighted by atomic mass is 35.5. The molecule has 6 nitrogen and oxygen atoms in total. The highest BCUT2D eigenvalue weighted by molar-refractivity contribution is 6.30. The Hall–Kier alpha value is -2.72. The normalized spacial score (nSPS) is 19.7. The molecule has 0 atom stereocenters. The van der Waals surface area contributed by atoms with Gasteiger partial charge in [0.2, 0.25) is 0 Å². The van der Waals surface area contributed by atoms with E-state index in [-0.39, 0.29) is 30.2 Å². The van der Waals surface area contributed by atoms with E-state index in [0.29, 0.717) is 22.1 Å². The number of alkyl halides is 3. The van der Waals surface area contributed by atoms with Gasteiger partial charge in [0.1, 0.15) is 23.0 Å². The van der Waals surface area contributed by atoms with Crippen LogP contribution in [0.5, 0.6) is 0 Å².